The van der Waals surface area contributed by atoms with E-state index in [-0.39, 0.29) is 6.03 Å². The average molecular weight is 251 g/mol. The van der Waals surface area contributed by atoms with E-state index >= 15 is 0 Å². The van der Waals surface area contributed by atoms with Gasteiger partial charge in [-0.05, 0) is 18.8 Å². The van der Waals surface area contributed by atoms with Crippen LogP contribution in [-0.2, 0) is 13.5 Å². The number of amides is 2. The molecule has 2 heterocycles. The molecule has 0 atom stereocenters. The van der Waals surface area contributed by atoms with Gasteiger partial charge in [0.05, 0.1) is 0 Å². The predicted molar refractivity (Wildman–Crippen MR) is 68.1 cm³/mol. The lowest BCUT2D eigenvalue weighted by atomic mass is 10.00. The van der Waals surface area contributed by atoms with Crippen molar-refractivity contribution < 1.29 is 4.79 Å². The summed E-state index contributed by atoms with van der Waals surface area (Å²) in [5.74, 6) is 1.51. The highest BCUT2D eigenvalue weighted by atomic mass is 16.2. The normalized spacial score (nSPS) is 16.9. The van der Waals surface area contributed by atoms with Crippen molar-refractivity contribution in [3.8, 4) is 0 Å². The minimum Gasteiger partial charge on any atom is -0.338 e. The molecule has 0 radical (unpaired) electrons. The molecule has 1 saturated heterocycles. The number of carbonyl (C=O) groups excluding carboxylic acids is 1. The Morgan fingerprint density at radius 3 is 2.83 bits per heavy atom. The Balaban J connectivity index is 1.68. The first kappa shape index (κ1) is 12.9. The van der Waals surface area contributed by atoms with E-state index in [0.29, 0.717) is 13.0 Å². The van der Waals surface area contributed by atoms with Gasteiger partial charge in [-0.2, -0.15) is 5.10 Å². The third-order valence-electron chi connectivity index (χ3n) is 3.34. The molecule has 6 heteroatoms. The number of nitrogens with zero attached hydrogens (tertiary/aromatic N) is 4. The van der Waals surface area contributed by atoms with Crippen molar-refractivity contribution in [3.05, 3.63) is 12.2 Å². The van der Waals surface area contributed by atoms with Crippen LogP contribution in [0.1, 0.15) is 25.6 Å². The number of hydrogen-bond acceptors (Lipinski definition) is 3. The zero-order valence-corrected chi connectivity index (χ0v) is 11.1. The van der Waals surface area contributed by atoms with Gasteiger partial charge in [0.25, 0.3) is 0 Å². The Bertz CT molecular complexity index is 395. The van der Waals surface area contributed by atoms with Gasteiger partial charge in [0.2, 0.25) is 0 Å². The summed E-state index contributed by atoms with van der Waals surface area (Å²) in [4.78, 5) is 17.9. The van der Waals surface area contributed by atoms with Crippen LogP contribution in [0.3, 0.4) is 0 Å². The largest absolute Gasteiger partial charge is 0.338 e. The molecule has 6 nitrogen and oxygen atoms in total. The predicted octanol–water partition coefficient (Wildman–Crippen LogP) is 0.799. The van der Waals surface area contributed by atoms with Crippen molar-refractivity contribution in [2.24, 2.45) is 13.0 Å². The van der Waals surface area contributed by atoms with Crippen LogP contribution in [-0.4, -0.2) is 45.3 Å². The van der Waals surface area contributed by atoms with Crippen LogP contribution >= 0.6 is 0 Å². The number of aryl methyl sites for hydroxylation is 1. The maximum absolute atomic E-state index is 11.9. The molecule has 0 aliphatic carbocycles. The molecule has 0 unspecified atom stereocenters. The first-order chi connectivity index (χ1) is 8.65. The Morgan fingerprint density at radius 2 is 2.22 bits per heavy atom. The highest BCUT2D eigenvalue weighted by Gasteiger charge is 2.19. The van der Waals surface area contributed by atoms with Gasteiger partial charge in [0.1, 0.15) is 6.33 Å². The van der Waals surface area contributed by atoms with Crippen LogP contribution in [0.5, 0.6) is 0 Å². The van der Waals surface area contributed by atoms with Crippen molar-refractivity contribution in [1.82, 2.24) is 25.0 Å². The quantitative estimate of drug-likeness (QED) is 0.864. The maximum Gasteiger partial charge on any atom is 0.317 e. The number of rotatable bonds is 3. The summed E-state index contributed by atoms with van der Waals surface area (Å²) in [6.45, 7) is 4.57. The average Bonchev–Trinajstić information content (AvgIpc) is 2.76. The first-order valence-electron chi connectivity index (χ1n) is 6.52. The van der Waals surface area contributed by atoms with Crippen LogP contribution in [0.2, 0.25) is 0 Å². The molecule has 1 aliphatic rings. The molecule has 18 heavy (non-hydrogen) atoms. The Hall–Kier alpha value is -1.59. The topological polar surface area (TPSA) is 63.1 Å². The number of urea groups is 1. The van der Waals surface area contributed by atoms with E-state index in [2.05, 4.69) is 22.3 Å². The van der Waals surface area contributed by atoms with Gasteiger partial charge in [-0.25, -0.2) is 9.78 Å². The van der Waals surface area contributed by atoms with Gasteiger partial charge < -0.3 is 10.2 Å². The molecule has 0 bridgehead atoms. The van der Waals surface area contributed by atoms with Gasteiger partial charge in [-0.1, -0.05) is 6.92 Å². The highest BCUT2D eigenvalue weighted by molar-refractivity contribution is 5.74. The number of likely N-dealkylation sites (tertiary alicyclic amines) is 1. The van der Waals surface area contributed by atoms with E-state index in [1.807, 2.05) is 11.9 Å². The maximum atomic E-state index is 11.9. The lowest BCUT2D eigenvalue weighted by molar-refractivity contribution is 0.174. The molecule has 2 rings (SSSR count). The molecule has 0 aromatic carbocycles. The van der Waals surface area contributed by atoms with E-state index in [0.717, 1.165) is 37.7 Å². The number of aromatic nitrogens is 3. The summed E-state index contributed by atoms with van der Waals surface area (Å²) in [7, 11) is 1.84. The number of nitrogens with one attached hydrogen (secondary N) is 1. The summed E-state index contributed by atoms with van der Waals surface area (Å²) in [6, 6.07) is 0.0397. The second-order valence-electron chi connectivity index (χ2n) is 4.99. The Morgan fingerprint density at radius 1 is 1.50 bits per heavy atom. The van der Waals surface area contributed by atoms with Crippen molar-refractivity contribution in [1.29, 1.82) is 0 Å². The standard InChI is InChI=1S/C12H21N5O/c1-10-4-7-17(8-5-10)12(18)13-6-3-11-14-9-16(2)15-11/h9-10H,3-8H2,1-2H3,(H,13,18). The molecule has 1 N–H and O–H groups in total. The van der Waals surface area contributed by atoms with Crippen LogP contribution in [0, 0.1) is 5.92 Å². The zero-order chi connectivity index (χ0) is 13.0. The number of piperidine rings is 1. The van der Waals surface area contributed by atoms with Gasteiger partial charge in [-0.3, -0.25) is 4.68 Å². The second-order valence-corrected chi connectivity index (χ2v) is 4.99. The molecule has 0 saturated carbocycles. The molecule has 0 spiro atoms. The smallest absolute Gasteiger partial charge is 0.317 e. The van der Waals surface area contributed by atoms with E-state index in [9.17, 15) is 4.79 Å². The summed E-state index contributed by atoms with van der Waals surface area (Å²) in [5, 5.41) is 7.09. The summed E-state index contributed by atoms with van der Waals surface area (Å²) in [6.07, 6.45) is 4.56. The van der Waals surface area contributed by atoms with Gasteiger partial charge in [0, 0.05) is 33.1 Å². The summed E-state index contributed by atoms with van der Waals surface area (Å²) >= 11 is 0. The van der Waals surface area contributed by atoms with Gasteiger partial charge in [-0.15, -0.1) is 0 Å². The molecule has 1 aromatic heterocycles. The van der Waals surface area contributed by atoms with Crippen LogP contribution < -0.4 is 5.32 Å². The monoisotopic (exact) mass is 251 g/mol. The first-order valence-corrected chi connectivity index (χ1v) is 6.52. The van der Waals surface area contributed by atoms with E-state index in [1.54, 1.807) is 11.0 Å². The molecule has 100 valence electrons. The van der Waals surface area contributed by atoms with Gasteiger partial charge >= 0.3 is 6.03 Å². The van der Waals surface area contributed by atoms with E-state index in [4.69, 9.17) is 0 Å². The summed E-state index contributed by atoms with van der Waals surface area (Å²) < 4.78 is 1.67. The molecule has 2 amide bonds. The van der Waals surface area contributed by atoms with Gasteiger partial charge in [0.15, 0.2) is 5.82 Å². The minimum absolute atomic E-state index is 0.0397. The fraction of sp³-hybridized carbons (Fsp3) is 0.750. The number of carbonyl (C=O) groups is 1. The van der Waals surface area contributed by atoms with Crippen LogP contribution in [0.4, 0.5) is 4.79 Å². The Kier molecular flexibility index (Phi) is 4.17. The van der Waals surface area contributed by atoms with E-state index in [1.165, 1.54) is 0 Å². The van der Waals surface area contributed by atoms with Crippen LogP contribution in [0.25, 0.3) is 0 Å². The Labute approximate surface area is 107 Å². The lowest BCUT2D eigenvalue weighted by Crippen LogP contribution is -2.44. The molecular weight excluding hydrogens is 230 g/mol. The number of hydrogen-bond donors (Lipinski definition) is 1. The highest BCUT2D eigenvalue weighted by Crippen LogP contribution is 2.15. The second kappa shape index (κ2) is 5.84. The van der Waals surface area contributed by atoms with Crippen molar-refractivity contribution in [2.75, 3.05) is 19.6 Å². The zero-order valence-electron chi connectivity index (χ0n) is 11.1. The van der Waals surface area contributed by atoms with Crippen LogP contribution in [0.15, 0.2) is 6.33 Å². The fourth-order valence-corrected chi connectivity index (χ4v) is 2.10. The molecular formula is C12H21N5O. The summed E-state index contributed by atoms with van der Waals surface area (Å²) in [5.41, 5.74) is 0. The third kappa shape index (κ3) is 3.45. The molecule has 1 fully saturated rings. The molecule has 1 aromatic rings. The SMILES string of the molecule is CC1CCN(C(=O)NCCc2ncn(C)n2)CC1. The molecule has 1 aliphatic heterocycles. The van der Waals surface area contributed by atoms with Crippen molar-refractivity contribution in [3.63, 3.8) is 0 Å². The fourth-order valence-electron chi connectivity index (χ4n) is 2.10. The van der Waals surface area contributed by atoms with E-state index < -0.39 is 0 Å². The third-order valence-corrected chi connectivity index (χ3v) is 3.34. The van der Waals surface area contributed by atoms with Crippen molar-refractivity contribution in [2.45, 2.75) is 26.2 Å². The lowest BCUT2D eigenvalue weighted by Gasteiger charge is -2.30. The van der Waals surface area contributed by atoms with Crippen molar-refractivity contribution >= 4 is 6.03 Å². The minimum atomic E-state index is 0.0397.